The van der Waals surface area contributed by atoms with Crippen LogP contribution in [0.25, 0.3) is 0 Å². The first-order valence-corrected chi connectivity index (χ1v) is 8.08. The van der Waals surface area contributed by atoms with Gasteiger partial charge < -0.3 is 9.84 Å². The first-order valence-electron chi connectivity index (χ1n) is 6.47. The number of hydrogen-bond acceptors (Lipinski definition) is 5. The van der Waals surface area contributed by atoms with Crippen molar-refractivity contribution in [3.8, 4) is 0 Å². The van der Waals surface area contributed by atoms with Crippen LogP contribution in [0.5, 0.6) is 0 Å². The van der Waals surface area contributed by atoms with Crippen molar-refractivity contribution in [1.82, 2.24) is 9.21 Å². The minimum Gasteiger partial charge on any atom is -0.480 e. The third kappa shape index (κ3) is 4.13. The van der Waals surface area contributed by atoms with Gasteiger partial charge in [-0.25, -0.2) is 8.42 Å². The molecule has 19 heavy (non-hydrogen) atoms. The summed E-state index contributed by atoms with van der Waals surface area (Å²) in [6.07, 6.45) is 1.79. The summed E-state index contributed by atoms with van der Waals surface area (Å²) in [4.78, 5) is 12.1. The molecule has 2 rings (SSSR count). The molecule has 0 saturated carbocycles. The lowest BCUT2D eigenvalue weighted by Crippen LogP contribution is -2.52. The summed E-state index contributed by atoms with van der Waals surface area (Å²) in [6, 6.07) is 0. The highest BCUT2D eigenvalue weighted by molar-refractivity contribution is 7.89. The molecule has 0 bridgehead atoms. The minimum absolute atomic E-state index is 0.192. The highest BCUT2D eigenvalue weighted by Crippen LogP contribution is 2.20. The zero-order valence-corrected chi connectivity index (χ0v) is 11.6. The molecule has 2 saturated heterocycles. The molecule has 0 aromatic heterocycles. The number of carboxylic acid groups (broad SMARTS) is 1. The Morgan fingerprint density at radius 2 is 1.95 bits per heavy atom. The lowest BCUT2D eigenvalue weighted by atomic mass is 10.0. The topological polar surface area (TPSA) is 87.2 Å². The second-order valence-electron chi connectivity index (χ2n) is 5.10. The van der Waals surface area contributed by atoms with Crippen molar-refractivity contribution in [2.45, 2.75) is 12.8 Å². The molecular formula is C11H20N2O5S. The number of rotatable bonds is 4. The van der Waals surface area contributed by atoms with Gasteiger partial charge in [-0.2, -0.15) is 4.31 Å². The van der Waals surface area contributed by atoms with Crippen LogP contribution in [0.15, 0.2) is 0 Å². The highest BCUT2D eigenvalue weighted by Gasteiger charge is 2.33. The maximum Gasteiger partial charge on any atom is 0.317 e. The first-order chi connectivity index (χ1) is 8.97. The molecule has 0 amide bonds. The molecule has 0 aromatic carbocycles. The quantitative estimate of drug-likeness (QED) is 0.745. The Morgan fingerprint density at radius 3 is 2.53 bits per heavy atom. The van der Waals surface area contributed by atoms with E-state index in [2.05, 4.69) is 0 Å². The number of sulfonamides is 1. The van der Waals surface area contributed by atoms with Gasteiger partial charge in [0.25, 0.3) is 0 Å². The summed E-state index contributed by atoms with van der Waals surface area (Å²) in [7, 11) is -3.36. The van der Waals surface area contributed by atoms with Gasteiger partial charge in [0.2, 0.25) is 10.0 Å². The minimum atomic E-state index is -3.36. The molecule has 1 N–H and O–H groups in total. The number of ether oxygens (including phenoxy) is 1. The monoisotopic (exact) mass is 292 g/mol. The van der Waals surface area contributed by atoms with Gasteiger partial charge in [-0.3, -0.25) is 9.69 Å². The van der Waals surface area contributed by atoms with Crippen molar-refractivity contribution in [1.29, 1.82) is 0 Å². The van der Waals surface area contributed by atoms with Crippen LogP contribution in [0.4, 0.5) is 0 Å². The van der Waals surface area contributed by atoms with Gasteiger partial charge in [0.05, 0.1) is 6.54 Å². The van der Waals surface area contributed by atoms with Crippen LogP contribution in [-0.2, 0) is 19.6 Å². The van der Waals surface area contributed by atoms with Gasteiger partial charge in [0, 0.05) is 32.8 Å². The Balaban J connectivity index is 1.90. The summed E-state index contributed by atoms with van der Waals surface area (Å²) in [5.41, 5.74) is 0. The van der Waals surface area contributed by atoms with Gasteiger partial charge in [-0.15, -0.1) is 0 Å². The standard InChI is InChI=1S/C11H20N2O5S/c14-11(15)8-12-3-4-13(19(16,17)9-12)7-10-1-5-18-6-2-10/h10H,1-9H2,(H,14,15). The third-order valence-electron chi connectivity index (χ3n) is 3.57. The van der Waals surface area contributed by atoms with E-state index in [9.17, 15) is 13.2 Å². The van der Waals surface area contributed by atoms with Crippen molar-refractivity contribution in [2.24, 2.45) is 5.92 Å². The molecule has 0 aromatic rings. The van der Waals surface area contributed by atoms with Crippen molar-refractivity contribution in [2.75, 3.05) is 45.3 Å². The number of aliphatic carboxylic acids is 1. The molecule has 0 atom stereocenters. The van der Waals surface area contributed by atoms with Crippen LogP contribution >= 0.6 is 0 Å². The van der Waals surface area contributed by atoms with Gasteiger partial charge in [-0.1, -0.05) is 0 Å². The predicted molar refractivity (Wildman–Crippen MR) is 68.1 cm³/mol. The first kappa shape index (κ1) is 14.7. The second kappa shape index (κ2) is 6.17. The third-order valence-corrected chi connectivity index (χ3v) is 5.38. The molecule has 2 heterocycles. The normalized spacial score (nSPS) is 26.3. The fraction of sp³-hybridized carbons (Fsp3) is 0.909. The molecular weight excluding hydrogens is 272 g/mol. The van der Waals surface area contributed by atoms with Crippen molar-refractivity contribution in [3.63, 3.8) is 0 Å². The lowest BCUT2D eigenvalue weighted by molar-refractivity contribution is -0.138. The fourth-order valence-corrected chi connectivity index (χ4v) is 4.15. The molecule has 0 aliphatic carbocycles. The van der Waals surface area contributed by atoms with Crippen molar-refractivity contribution >= 4 is 16.0 Å². The van der Waals surface area contributed by atoms with E-state index in [1.165, 1.54) is 9.21 Å². The summed E-state index contributed by atoms with van der Waals surface area (Å²) >= 11 is 0. The zero-order valence-electron chi connectivity index (χ0n) is 10.8. The molecule has 8 heteroatoms. The smallest absolute Gasteiger partial charge is 0.317 e. The molecule has 7 nitrogen and oxygen atoms in total. The lowest BCUT2D eigenvalue weighted by Gasteiger charge is -2.35. The highest BCUT2D eigenvalue weighted by atomic mass is 32.2. The maximum atomic E-state index is 12.1. The fourth-order valence-electron chi connectivity index (χ4n) is 2.51. The zero-order chi connectivity index (χ0) is 13.9. The summed E-state index contributed by atoms with van der Waals surface area (Å²) in [5.74, 6) is -0.828. The Labute approximate surface area is 113 Å². The maximum absolute atomic E-state index is 12.1. The van der Waals surface area contributed by atoms with E-state index in [4.69, 9.17) is 9.84 Å². The summed E-state index contributed by atoms with van der Waals surface area (Å²) in [5, 5.41) is 8.70. The van der Waals surface area contributed by atoms with Crippen LogP contribution in [-0.4, -0.2) is 74.0 Å². The largest absolute Gasteiger partial charge is 0.480 e. The van der Waals surface area contributed by atoms with Crippen LogP contribution in [0.1, 0.15) is 12.8 Å². The second-order valence-corrected chi connectivity index (χ2v) is 7.04. The predicted octanol–water partition coefficient (Wildman–Crippen LogP) is -0.597. The van der Waals surface area contributed by atoms with Crippen molar-refractivity contribution < 1.29 is 23.1 Å². The van der Waals surface area contributed by atoms with Crippen LogP contribution < -0.4 is 0 Å². The van der Waals surface area contributed by atoms with Gasteiger partial charge >= 0.3 is 5.97 Å². The SMILES string of the molecule is O=C(O)CN1CCN(CC2CCOCC2)S(=O)(=O)C1. The van der Waals surface area contributed by atoms with E-state index < -0.39 is 16.0 Å². The molecule has 0 spiro atoms. The molecule has 0 unspecified atom stereocenters. The average molecular weight is 292 g/mol. The van der Waals surface area contributed by atoms with Gasteiger partial charge in [0.15, 0.2) is 0 Å². The van der Waals surface area contributed by atoms with E-state index in [-0.39, 0.29) is 12.4 Å². The number of carboxylic acids is 1. The van der Waals surface area contributed by atoms with Crippen LogP contribution in [0.2, 0.25) is 0 Å². The van der Waals surface area contributed by atoms with E-state index in [0.717, 1.165) is 12.8 Å². The Bertz CT molecular complexity index is 419. The van der Waals surface area contributed by atoms with E-state index in [0.29, 0.717) is 38.8 Å². The number of carbonyl (C=O) groups is 1. The van der Waals surface area contributed by atoms with Crippen LogP contribution in [0, 0.1) is 5.92 Å². The molecule has 110 valence electrons. The van der Waals surface area contributed by atoms with E-state index >= 15 is 0 Å². The summed E-state index contributed by atoms with van der Waals surface area (Å²) in [6.45, 7) is 2.58. The Hall–Kier alpha value is -0.700. The van der Waals surface area contributed by atoms with Gasteiger partial charge in [-0.05, 0) is 18.8 Å². The number of hydrogen-bond donors (Lipinski definition) is 1. The summed E-state index contributed by atoms with van der Waals surface area (Å²) < 4.78 is 31.0. The Kier molecular flexibility index (Phi) is 4.77. The van der Waals surface area contributed by atoms with Crippen molar-refractivity contribution in [3.05, 3.63) is 0 Å². The Morgan fingerprint density at radius 1 is 1.26 bits per heavy atom. The van der Waals surface area contributed by atoms with E-state index in [1.54, 1.807) is 0 Å². The molecule has 2 aliphatic heterocycles. The van der Waals surface area contributed by atoms with Crippen LogP contribution in [0.3, 0.4) is 0 Å². The number of nitrogens with zero attached hydrogens (tertiary/aromatic N) is 2. The molecule has 0 radical (unpaired) electrons. The van der Waals surface area contributed by atoms with Gasteiger partial charge in [0.1, 0.15) is 5.88 Å². The van der Waals surface area contributed by atoms with E-state index in [1.807, 2.05) is 0 Å². The molecule has 2 fully saturated rings. The molecule has 2 aliphatic rings. The average Bonchev–Trinajstić information content (AvgIpc) is 2.33.